The molecule has 2 rings (SSSR count). The van der Waals surface area contributed by atoms with Crippen molar-refractivity contribution in [1.82, 2.24) is 5.32 Å². The molecule has 1 N–H and O–H groups in total. The number of thioether (sulfide) groups is 2. The first-order chi connectivity index (χ1) is 8.13. The van der Waals surface area contributed by atoms with E-state index in [0.717, 1.165) is 10.5 Å². The molecule has 1 nitrogen and oxygen atoms in total. The standard InChI is InChI=1S/C13H21NS3/c1-8-9(2)17-12(7-16-8)13(14-4)11-5-6-15-10(11)3/h5-6,8-9,12-14H,7H2,1-4H3. The molecule has 0 spiro atoms. The molecule has 4 unspecified atom stereocenters. The molecule has 1 fully saturated rings. The van der Waals surface area contributed by atoms with Crippen molar-refractivity contribution >= 4 is 34.9 Å². The van der Waals surface area contributed by atoms with Gasteiger partial charge in [-0.3, -0.25) is 0 Å². The van der Waals surface area contributed by atoms with E-state index in [4.69, 9.17) is 0 Å². The van der Waals surface area contributed by atoms with Gasteiger partial charge in [0.25, 0.3) is 0 Å². The van der Waals surface area contributed by atoms with E-state index in [9.17, 15) is 0 Å². The zero-order chi connectivity index (χ0) is 12.4. The Kier molecular flexibility index (Phi) is 4.87. The van der Waals surface area contributed by atoms with Crippen LogP contribution in [-0.4, -0.2) is 28.6 Å². The third-order valence-corrected chi connectivity index (χ3v) is 7.85. The lowest BCUT2D eigenvalue weighted by molar-refractivity contribution is 0.587. The Morgan fingerprint density at radius 2 is 2.12 bits per heavy atom. The van der Waals surface area contributed by atoms with Gasteiger partial charge in [0.1, 0.15) is 0 Å². The Balaban J connectivity index is 2.12. The average Bonchev–Trinajstić information content (AvgIpc) is 2.71. The van der Waals surface area contributed by atoms with Crippen molar-refractivity contribution in [2.24, 2.45) is 0 Å². The summed E-state index contributed by atoms with van der Waals surface area (Å²) in [5.41, 5.74) is 1.50. The lowest BCUT2D eigenvalue weighted by atomic mass is 10.1. The van der Waals surface area contributed by atoms with Crippen LogP contribution in [0.1, 0.15) is 30.3 Å². The quantitative estimate of drug-likeness (QED) is 0.904. The molecule has 0 bridgehead atoms. The first-order valence-electron chi connectivity index (χ1n) is 6.11. The summed E-state index contributed by atoms with van der Waals surface area (Å²) < 4.78 is 0. The Morgan fingerprint density at radius 3 is 2.65 bits per heavy atom. The van der Waals surface area contributed by atoms with Crippen LogP contribution >= 0.6 is 34.9 Å². The lowest BCUT2D eigenvalue weighted by Crippen LogP contribution is -2.35. The smallest absolute Gasteiger partial charge is 0.0457 e. The van der Waals surface area contributed by atoms with E-state index in [1.54, 1.807) is 0 Å². The normalized spacial score (nSPS) is 31.4. The molecule has 4 heteroatoms. The Hall–Kier alpha value is 0.360. The number of thiophene rings is 1. The van der Waals surface area contributed by atoms with Gasteiger partial charge in [-0.1, -0.05) is 13.8 Å². The first-order valence-corrected chi connectivity index (χ1v) is 8.99. The van der Waals surface area contributed by atoms with Crippen molar-refractivity contribution in [2.75, 3.05) is 12.8 Å². The van der Waals surface area contributed by atoms with E-state index >= 15 is 0 Å². The van der Waals surface area contributed by atoms with Gasteiger partial charge in [-0.15, -0.1) is 11.3 Å². The summed E-state index contributed by atoms with van der Waals surface area (Å²) in [6, 6.07) is 2.79. The van der Waals surface area contributed by atoms with Gasteiger partial charge < -0.3 is 5.32 Å². The van der Waals surface area contributed by atoms with Gasteiger partial charge in [0.15, 0.2) is 0 Å². The fourth-order valence-electron chi connectivity index (χ4n) is 2.24. The third-order valence-electron chi connectivity index (χ3n) is 3.49. The van der Waals surface area contributed by atoms with E-state index in [1.807, 2.05) is 11.3 Å². The molecule has 4 atom stereocenters. The maximum absolute atomic E-state index is 3.52. The van der Waals surface area contributed by atoms with Crippen LogP contribution in [0, 0.1) is 6.92 Å². The van der Waals surface area contributed by atoms with Crippen LogP contribution in [0.5, 0.6) is 0 Å². The average molecular weight is 288 g/mol. The molecule has 0 amide bonds. The molecule has 1 aliphatic rings. The van der Waals surface area contributed by atoms with Gasteiger partial charge in [-0.2, -0.15) is 23.5 Å². The fraction of sp³-hybridized carbons (Fsp3) is 0.692. The molecule has 0 aliphatic carbocycles. The van der Waals surface area contributed by atoms with Crippen LogP contribution in [-0.2, 0) is 0 Å². The monoisotopic (exact) mass is 287 g/mol. The lowest BCUT2D eigenvalue weighted by Gasteiger charge is -2.36. The predicted octanol–water partition coefficient (Wildman–Crippen LogP) is 3.94. The number of nitrogens with one attached hydrogen (secondary N) is 1. The van der Waals surface area contributed by atoms with E-state index in [0.29, 0.717) is 11.3 Å². The second-order valence-corrected chi connectivity index (χ2v) is 8.77. The zero-order valence-electron chi connectivity index (χ0n) is 10.9. The molecular weight excluding hydrogens is 266 g/mol. The summed E-state index contributed by atoms with van der Waals surface area (Å²) in [6.45, 7) is 6.95. The minimum atomic E-state index is 0.508. The van der Waals surface area contributed by atoms with Crippen LogP contribution in [0.4, 0.5) is 0 Å². The summed E-state index contributed by atoms with van der Waals surface area (Å²) in [5.74, 6) is 1.26. The highest BCUT2D eigenvalue weighted by Gasteiger charge is 2.32. The van der Waals surface area contributed by atoms with Gasteiger partial charge in [-0.25, -0.2) is 0 Å². The van der Waals surface area contributed by atoms with Crippen LogP contribution in [0.3, 0.4) is 0 Å². The van der Waals surface area contributed by atoms with Crippen molar-refractivity contribution < 1.29 is 0 Å². The first kappa shape index (κ1) is 13.8. The van der Waals surface area contributed by atoms with Crippen LogP contribution in [0.2, 0.25) is 0 Å². The van der Waals surface area contributed by atoms with E-state index in [-0.39, 0.29) is 0 Å². The van der Waals surface area contributed by atoms with Gasteiger partial charge in [0, 0.05) is 32.4 Å². The Morgan fingerprint density at radius 1 is 1.35 bits per heavy atom. The third kappa shape index (κ3) is 3.03. The number of rotatable bonds is 3. The number of aryl methyl sites for hydroxylation is 1. The number of hydrogen-bond donors (Lipinski definition) is 1. The molecule has 0 saturated carbocycles. The van der Waals surface area contributed by atoms with E-state index in [1.165, 1.54) is 16.2 Å². The van der Waals surface area contributed by atoms with Gasteiger partial charge in [-0.05, 0) is 31.0 Å². The molecule has 0 aromatic carbocycles. The molecule has 1 aromatic heterocycles. The second-order valence-electron chi connectivity index (χ2n) is 4.62. The molecule has 1 aromatic rings. The maximum Gasteiger partial charge on any atom is 0.0457 e. The molecule has 17 heavy (non-hydrogen) atoms. The number of hydrogen-bond acceptors (Lipinski definition) is 4. The molecular formula is C13H21NS3. The van der Waals surface area contributed by atoms with Crippen LogP contribution in [0.15, 0.2) is 11.4 Å². The highest BCUT2D eigenvalue weighted by Crippen LogP contribution is 2.41. The SMILES string of the molecule is CNC(c1ccsc1C)C1CSC(C)C(C)S1. The van der Waals surface area contributed by atoms with Crippen molar-refractivity contribution in [3.05, 3.63) is 21.9 Å². The molecule has 96 valence electrons. The zero-order valence-corrected chi connectivity index (χ0v) is 13.3. The molecule has 1 aliphatic heterocycles. The minimum Gasteiger partial charge on any atom is -0.312 e. The van der Waals surface area contributed by atoms with Gasteiger partial charge in [0.05, 0.1) is 0 Å². The summed E-state index contributed by atoms with van der Waals surface area (Å²) in [7, 11) is 2.09. The van der Waals surface area contributed by atoms with E-state index < -0.39 is 0 Å². The second kappa shape index (κ2) is 6.00. The highest BCUT2D eigenvalue weighted by molar-refractivity contribution is 8.07. The van der Waals surface area contributed by atoms with Crippen molar-refractivity contribution in [1.29, 1.82) is 0 Å². The van der Waals surface area contributed by atoms with Crippen molar-refractivity contribution in [3.8, 4) is 0 Å². The molecule has 2 heterocycles. The fourth-order valence-corrected chi connectivity index (χ4v) is 6.14. The van der Waals surface area contributed by atoms with Gasteiger partial charge >= 0.3 is 0 Å². The Labute approximate surface area is 117 Å². The van der Waals surface area contributed by atoms with Gasteiger partial charge in [0.2, 0.25) is 0 Å². The van der Waals surface area contributed by atoms with Crippen molar-refractivity contribution in [3.63, 3.8) is 0 Å². The predicted molar refractivity (Wildman–Crippen MR) is 83.6 cm³/mol. The molecule has 0 radical (unpaired) electrons. The maximum atomic E-state index is 3.52. The Bertz CT molecular complexity index is 363. The summed E-state index contributed by atoms with van der Waals surface area (Å²) in [6.07, 6.45) is 0. The van der Waals surface area contributed by atoms with Crippen LogP contribution in [0.25, 0.3) is 0 Å². The largest absolute Gasteiger partial charge is 0.312 e. The molecule has 1 saturated heterocycles. The minimum absolute atomic E-state index is 0.508. The summed E-state index contributed by atoms with van der Waals surface area (Å²) >= 11 is 6.14. The van der Waals surface area contributed by atoms with Crippen LogP contribution < -0.4 is 5.32 Å². The summed E-state index contributed by atoms with van der Waals surface area (Å²) in [5, 5.41) is 7.98. The topological polar surface area (TPSA) is 12.0 Å². The van der Waals surface area contributed by atoms with Crippen molar-refractivity contribution in [2.45, 2.75) is 42.6 Å². The summed E-state index contributed by atoms with van der Waals surface area (Å²) in [4.78, 5) is 1.46. The van der Waals surface area contributed by atoms with E-state index in [2.05, 4.69) is 68.1 Å². The highest BCUT2D eigenvalue weighted by atomic mass is 32.2.